The van der Waals surface area contributed by atoms with E-state index < -0.39 is 0 Å². The van der Waals surface area contributed by atoms with Gasteiger partial charge in [0.15, 0.2) is 0 Å². The van der Waals surface area contributed by atoms with E-state index >= 15 is 0 Å². The molecule has 2 heteroatoms. The van der Waals surface area contributed by atoms with E-state index in [0.29, 0.717) is 0 Å². The van der Waals surface area contributed by atoms with Crippen LogP contribution in [0.15, 0.2) is 48.5 Å². The Morgan fingerprint density at radius 1 is 0.750 bits per heavy atom. The van der Waals surface area contributed by atoms with Crippen molar-refractivity contribution in [3.8, 4) is 11.1 Å². The van der Waals surface area contributed by atoms with E-state index in [4.69, 9.17) is 5.11 Å². The average molecular weight is 267 g/mol. The Kier molecular flexibility index (Phi) is 4.03. The van der Waals surface area contributed by atoms with Gasteiger partial charge in [0, 0.05) is 18.8 Å². The van der Waals surface area contributed by atoms with Gasteiger partial charge in [0.05, 0.1) is 6.61 Å². The molecule has 3 rings (SSSR count). The van der Waals surface area contributed by atoms with Crippen LogP contribution in [0.5, 0.6) is 0 Å². The minimum atomic E-state index is 0.105. The number of hydrogen-bond acceptors (Lipinski definition) is 2. The number of hydrogen-bond donors (Lipinski definition) is 1. The topological polar surface area (TPSA) is 23.5 Å². The van der Waals surface area contributed by atoms with Crippen LogP contribution in [0.1, 0.15) is 24.8 Å². The van der Waals surface area contributed by atoms with Crippen LogP contribution < -0.4 is 4.90 Å². The van der Waals surface area contributed by atoms with Crippen molar-refractivity contribution in [2.75, 3.05) is 18.0 Å². The zero-order valence-electron chi connectivity index (χ0n) is 11.8. The molecule has 0 atom stereocenters. The molecule has 0 unspecified atom stereocenters. The SMILES string of the molecule is OCc1ccc(-c2ccc(N3CCCCC3)cc2)cc1. The molecule has 2 aromatic rings. The number of nitrogens with zero attached hydrogens (tertiary/aromatic N) is 1. The Morgan fingerprint density at radius 2 is 1.30 bits per heavy atom. The van der Waals surface area contributed by atoms with Gasteiger partial charge in [-0.2, -0.15) is 0 Å². The zero-order chi connectivity index (χ0) is 13.8. The van der Waals surface area contributed by atoms with Crippen LogP contribution in [0, 0.1) is 0 Å². The minimum absolute atomic E-state index is 0.105. The first-order chi connectivity index (χ1) is 9.86. The summed E-state index contributed by atoms with van der Waals surface area (Å²) in [5.74, 6) is 0. The van der Waals surface area contributed by atoms with E-state index in [0.717, 1.165) is 5.56 Å². The number of benzene rings is 2. The average Bonchev–Trinajstić information content (AvgIpc) is 2.56. The molecule has 1 fully saturated rings. The Hall–Kier alpha value is -1.80. The molecule has 0 radical (unpaired) electrons. The Balaban J connectivity index is 1.77. The monoisotopic (exact) mass is 267 g/mol. The molecule has 0 aromatic heterocycles. The molecule has 1 aliphatic rings. The fourth-order valence-electron chi connectivity index (χ4n) is 2.82. The highest BCUT2D eigenvalue weighted by Crippen LogP contribution is 2.25. The second-order valence-corrected chi connectivity index (χ2v) is 5.45. The molecule has 1 saturated heterocycles. The lowest BCUT2D eigenvalue weighted by Gasteiger charge is -2.28. The molecule has 1 heterocycles. The summed E-state index contributed by atoms with van der Waals surface area (Å²) in [6, 6.07) is 16.9. The van der Waals surface area contributed by atoms with Crippen LogP contribution in [0.2, 0.25) is 0 Å². The maximum atomic E-state index is 9.07. The van der Waals surface area contributed by atoms with Gasteiger partial charge in [-0.15, -0.1) is 0 Å². The fraction of sp³-hybridized carbons (Fsp3) is 0.333. The summed E-state index contributed by atoms with van der Waals surface area (Å²) in [7, 11) is 0. The first-order valence-electron chi connectivity index (χ1n) is 7.42. The number of piperidine rings is 1. The van der Waals surface area contributed by atoms with E-state index in [1.54, 1.807) is 0 Å². The standard InChI is InChI=1S/C18H21NO/c20-14-15-4-6-16(7-5-15)17-8-10-18(11-9-17)19-12-2-1-3-13-19/h4-11,20H,1-3,12-14H2. The molecule has 0 saturated carbocycles. The smallest absolute Gasteiger partial charge is 0.0681 e. The fourth-order valence-corrected chi connectivity index (χ4v) is 2.82. The minimum Gasteiger partial charge on any atom is -0.392 e. The number of rotatable bonds is 3. The first-order valence-corrected chi connectivity index (χ1v) is 7.42. The Labute approximate surface area is 120 Å². The highest BCUT2D eigenvalue weighted by Gasteiger charge is 2.10. The van der Waals surface area contributed by atoms with Gasteiger partial charge in [-0.25, -0.2) is 0 Å². The van der Waals surface area contributed by atoms with Crippen molar-refractivity contribution < 1.29 is 5.11 Å². The third-order valence-electron chi connectivity index (χ3n) is 4.06. The van der Waals surface area contributed by atoms with Gasteiger partial charge in [-0.1, -0.05) is 36.4 Å². The van der Waals surface area contributed by atoms with Crippen molar-refractivity contribution in [3.05, 3.63) is 54.1 Å². The van der Waals surface area contributed by atoms with E-state index in [-0.39, 0.29) is 6.61 Å². The number of anilines is 1. The Bertz CT molecular complexity index is 539. The van der Waals surface area contributed by atoms with Gasteiger partial charge in [-0.3, -0.25) is 0 Å². The molecule has 0 amide bonds. The van der Waals surface area contributed by atoms with Gasteiger partial charge in [0.2, 0.25) is 0 Å². The largest absolute Gasteiger partial charge is 0.392 e. The van der Waals surface area contributed by atoms with Gasteiger partial charge in [-0.05, 0) is 48.1 Å². The predicted molar refractivity (Wildman–Crippen MR) is 83.9 cm³/mol. The van der Waals surface area contributed by atoms with E-state index in [9.17, 15) is 0 Å². The summed E-state index contributed by atoms with van der Waals surface area (Å²) >= 11 is 0. The molecule has 1 aliphatic heterocycles. The van der Waals surface area contributed by atoms with E-state index in [2.05, 4.69) is 41.3 Å². The maximum absolute atomic E-state index is 9.07. The lowest BCUT2D eigenvalue weighted by molar-refractivity contribution is 0.282. The number of aliphatic hydroxyl groups is 1. The van der Waals surface area contributed by atoms with Crippen LogP contribution in [0.25, 0.3) is 11.1 Å². The van der Waals surface area contributed by atoms with Crippen LogP contribution in [-0.4, -0.2) is 18.2 Å². The zero-order valence-corrected chi connectivity index (χ0v) is 11.8. The summed E-state index contributed by atoms with van der Waals surface area (Å²) < 4.78 is 0. The molecule has 0 spiro atoms. The summed E-state index contributed by atoms with van der Waals surface area (Å²) in [5.41, 5.74) is 4.72. The van der Waals surface area contributed by atoms with Crippen LogP contribution in [0.3, 0.4) is 0 Å². The molecule has 0 bridgehead atoms. The van der Waals surface area contributed by atoms with Crippen LogP contribution >= 0.6 is 0 Å². The van der Waals surface area contributed by atoms with Crippen molar-refractivity contribution in [2.45, 2.75) is 25.9 Å². The molecular formula is C18H21NO. The van der Waals surface area contributed by atoms with Crippen molar-refractivity contribution in [1.29, 1.82) is 0 Å². The molecule has 20 heavy (non-hydrogen) atoms. The van der Waals surface area contributed by atoms with E-state index in [1.807, 2.05) is 12.1 Å². The summed E-state index contributed by atoms with van der Waals surface area (Å²) in [4.78, 5) is 2.47. The quantitative estimate of drug-likeness (QED) is 0.913. The first kappa shape index (κ1) is 13.2. The number of aliphatic hydroxyl groups excluding tert-OH is 1. The molecular weight excluding hydrogens is 246 g/mol. The molecule has 104 valence electrons. The third-order valence-corrected chi connectivity index (χ3v) is 4.06. The predicted octanol–water partition coefficient (Wildman–Crippen LogP) is 3.84. The van der Waals surface area contributed by atoms with E-state index in [1.165, 1.54) is 49.2 Å². The lowest BCUT2D eigenvalue weighted by Crippen LogP contribution is -2.29. The Morgan fingerprint density at radius 3 is 1.85 bits per heavy atom. The second kappa shape index (κ2) is 6.10. The van der Waals surface area contributed by atoms with Crippen molar-refractivity contribution in [2.24, 2.45) is 0 Å². The highest BCUT2D eigenvalue weighted by atomic mass is 16.3. The molecule has 2 nitrogen and oxygen atoms in total. The lowest BCUT2D eigenvalue weighted by atomic mass is 10.0. The summed E-state index contributed by atoms with van der Waals surface area (Å²) in [5, 5.41) is 9.07. The summed E-state index contributed by atoms with van der Waals surface area (Å²) in [6.07, 6.45) is 3.99. The third kappa shape index (κ3) is 2.86. The van der Waals surface area contributed by atoms with Crippen LogP contribution in [0.4, 0.5) is 5.69 Å². The molecule has 2 aromatic carbocycles. The van der Waals surface area contributed by atoms with Crippen molar-refractivity contribution in [1.82, 2.24) is 0 Å². The van der Waals surface area contributed by atoms with Gasteiger partial charge < -0.3 is 10.0 Å². The van der Waals surface area contributed by atoms with Crippen LogP contribution in [-0.2, 0) is 6.61 Å². The van der Waals surface area contributed by atoms with Gasteiger partial charge in [0.1, 0.15) is 0 Å². The van der Waals surface area contributed by atoms with Crippen molar-refractivity contribution >= 4 is 5.69 Å². The van der Waals surface area contributed by atoms with Gasteiger partial charge in [0.25, 0.3) is 0 Å². The second-order valence-electron chi connectivity index (χ2n) is 5.45. The maximum Gasteiger partial charge on any atom is 0.0681 e. The highest BCUT2D eigenvalue weighted by molar-refractivity contribution is 5.66. The van der Waals surface area contributed by atoms with Crippen molar-refractivity contribution in [3.63, 3.8) is 0 Å². The normalized spacial score (nSPS) is 15.3. The molecule has 1 N–H and O–H groups in total. The summed E-state index contributed by atoms with van der Waals surface area (Å²) in [6.45, 7) is 2.48. The van der Waals surface area contributed by atoms with Gasteiger partial charge >= 0.3 is 0 Å². The molecule has 0 aliphatic carbocycles.